The molecule has 1 amide bonds. The second-order valence-electron chi connectivity index (χ2n) is 5.20. The minimum absolute atomic E-state index is 0.0760. The van der Waals surface area contributed by atoms with Gasteiger partial charge in [0.15, 0.2) is 0 Å². The molecule has 0 atom stereocenters. The van der Waals surface area contributed by atoms with Gasteiger partial charge >= 0.3 is 0 Å². The normalized spacial score (nSPS) is 11.4. The Hall–Kier alpha value is -3.04. The molecule has 0 aliphatic rings. The fourth-order valence-corrected chi connectivity index (χ4v) is 2.89. The summed E-state index contributed by atoms with van der Waals surface area (Å²) in [5.41, 5.74) is 1.13. The number of anilines is 1. The van der Waals surface area contributed by atoms with Crippen LogP contribution in [0.4, 0.5) is 11.4 Å². The summed E-state index contributed by atoms with van der Waals surface area (Å²) in [5, 5.41) is 18.3. The molecule has 3 N–H and O–H groups in total. The molecule has 0 aliphatic heterocycles. The van der Waals surface area contributed by atoms with Gasteiger partial charge in [0.25, 0.3) is 5.69 Å². The van der Waals surface area contributed by atoms with Crippen molar-refractivity contribution in [1.82, 2.24) is 0 Å². The van der Waals surface area contributed by atoms with Crippen molar-refractivity contribution < 1.29 is 18.1 Å². The van der Waals surface area contributed by atoms with Gasteiger partial charge in [0, 0.05) is 23.9 Å². The van der Waals surface area contributed by atoms with Crippen LogP contribution in [0.1, 0.15) is 11.1 Å². The first-order chi connectivity index (χ1) is 11.7. The Labute approximate surface area is 144 Å². The molecule has 0 saturated heterocycles. The molecule has 2 rings (SSSR count). The maximum absolute atomic E-state index is 11.9. The lowest BCUT2D eigenvalue weighted by molar-refractivity contribution is -0.384. The highest BCUT2D eigenvalue weighted by atomic mass is 32.2. The van der Waals surface area contributed by atoms with Gasteiger partial charge in [0.05, 0.1) is 9.82 Å². The molecule has 0 aromatic heterocycles. The van der Waals surface area contributed by atoms with Gasteiger partial charge in [-0.15, -0.1) is 0 Å². The van der Waals surface area contributed by atoms with Gasteiger partial charge in [-0.3, -0.25) is 14.9 Å². The van der Waals surface area contributed by atoms with Crippen molar-refractivity contribution in [3.63, 3.8) is 0 Å². The molecule has 0 bridgehead atoms. The molecule has 9 heteroatoms. The number of benzene rings is 2. The molecule has 8 nitrogen and oxygen atoms in total. The first kappa shape index (κ1) is 18.3. The van der Waals surface area contributed by atoms with E-state index in [-0.39, 0.29) is 16.3 Å². The predicted molar refractivity (Wildman–Crippen MR) is 93.3 cm³/mol. The predicted octanol–water partition coefficient (Wildman–Crippen LogP) is 2.20. The molecule has 0 fully saturated rings. The van der Waals surface area contributed by atoms with Crippen LogP contribution in [0.5, 0.6) is 0 Å². The Bertz CT molecular complexity index is 967. The number of hydrogen-bond donors (Lipinski definition) is 2. The number of primary sulfonamides is 1. The molecule has 0 radical (unpaired) electrons. The van der Waals surface area contributed by atoms with E-state index in [2.05, 4.69) is 5.32 Å². The topological polar surface area (TPSA) is 132 Å². The van der Waals surface area contributed by atoms with Crippen LogP contribution in [-0.2, 0) is 14.8 Å². The van der Waals surface area contributed by atoms with E-state index in [9.17, 15) is 23.3 Å². The molecule has 2 aromatic carbocycles. The first-order valence-electron chi connectivity index (χ1n) is 7.04. The van der Waals surface area contributed by atoms with Crippen molar-refractivity contribution in [3.8, 4) is 0 Å². The summed E-state index contributed by atoms with van der Waals surface area (Å²) >= 11 is 0. The lowest BCUT2D eigenvalue weighted by Crippen LogP contribution is -2.15. The van der Waals surface area contributed by atoms with E-state index in [0.717, 1.165) is 0 Å². The third kappa shape index (κ3) is 4.96. The van der Waals surface area contributed by atoms with Crippen LogP contribution in [-0.4, -0.2) is 19.2 Å². The van der Waals surface area contributed by atoms with Crippen molar-refractivity contribution in [2.45, 2.75) is 11.8 Å². The van der Waals surface area contributed by atoms with Crippen molar-refractivity contribution in [1.29, 1.82) is 0 Å². The summed E-state index contributed by atoms with van der Waals surface area (Å²) in [6.07, 6.45) is 2.60. The maximum atomic E-state index is 11.9. The average molecular weight is 361 g/mol. The first-order valence-corrected chi connectivity index (χ1v) is 8.58. The number of nitro benzene ring substituents is 1. The third-order valence-corrected chi connectivity index (χ3v) is 4.32. The summed E-state index contributed by atoms with van der Waals surface area (Å²) in [6.45, 7) is 1.59. The quantitative estimate of drug-likeness (QED) is 0.478. The second kappa shape index (κ2) is 7.24. The highest BCUT2D eigenvalue weighted by Crippen LogP contribution is 2.19. The summed E-state index contributed by atoms with van der Waals surface area (Å²) in [4.78, 5) is 22.0. The minimum atomic E-state index is -3.89. The van der Waals surface area contributed by atoms with Gasteiger partial charge in [-0.05, 0) is 36.3 Å². The summed E-state index contributed by atoms with van der Waals surface area (Å²) in [6, 6.07) is 10.1. The zero-order valence-corrected chi connectivity index (χ0v) is 14.0. The third-order valence-electron chi connectivity index (χ3n) is 3.27. The summed E-state index contributed by atoms with van der Waals surface area (Å²) in [7, 11) is -3.89. The molecular formula is C16H15N3O5S. The van der Waals surface area contributed by atoms with E-state index < -0.39 is 20.9 Å². The van der Waals surface area contributed by atoms with E-state index in [0.29, 0.717) is 11.1 Å². The van der Waals surface area contributed by atoms with Crippen LogP contribution in [0.3, 0.4) is 0 Å². The van der Waals surface area contributed by atoms with Gasteiger partial charge in [-0.2, -0.15) is 0 Å². The number of rotatable bonds is 5. The summed E-state index contributed by atoms with van der Waals surface area (Å²) < 4.78 is 23.0. The van der Waals surface area contributed by atoms with E-state index in [1.807, 2.05) is 0 Å². The number of carbonyl (C=O) groups is 1. The number of nitrogens with zero attached hydrogens (tertiary/aromatic N) is 1. The maximum Gasteiger partial charge on any atom is 0.270 e. The molecule has 0 spiro atoms. The van der Waals surface area contributed by atoms with Crippen LogP contribution >= 0.6 is 0 Å². The Kier molecular flexibility index (Phi) is 5.30. The van der Waals surface area contributed by atoms with E-state index in [4.69, 9.17) is 5.14 Å². The average Bonchev–Trinajstić information content (AvgIpc) is 2.54. The van der Waals surface area contributed by atoms with Crippen LogP contribution in [0.15, 0.2) is 53.4 Å². The van der Waals surface area contributed by atoms with Gasteiger partial charge in [0.1, 0.15) is 0 Å². The second-order valence-corrected chi connectivity index (χ2v) is 6.73. The van der Waals surface area contributed by atoms with Gasteiger partial charge in [0.2, 0.25) is 15.9 Å². The van der Waals surface area contributed by atoms with Gasteiger partial charge < -0.3 is 5.32 Å². The molecule has 25 heavy (non-hydrogen) atoms. The number of aryl methyl sites for hydroxylation is 1. The Morgan fingerprint density at radius 3 is 2.60 bits per heavy atom. The monoisotopic (exact) mass is 361 g/mol. The zero-order valence-electron chi connectivity index (χ0n) is 13.2. The van der Waals surface area contributed by atoms with Gasteiger partial charge in [-0.1, -0.05) is 18.2 Å². The number of nitrogens with one attached hydrogen (secondary N) is 1. The van der Waals surface area contributed by atoms with Crippen molar-refractivity contribution in [2.24, 2.45) is 5.14 Å². The number of hydrogen-bond acceptors (Lipinski definition) is 5. The van der Waals surface area contributed by atoms with Crippen LogP contribution in [0.2, 0.25) is 0 Å². The Morgan fingerprint density at radius 1 is 1.24 bits per heavy atom. The number of amides is 1. The lowest BCUT2D eigenvalue weighted by atomic mass is 10.2. The van der Waals surface area contributed by atoms with E-state index in [1.54, 1.807) is 19.1 Å². The lowest BCUT2D eigenvalue weighted by Gasteiger charge is -2.07. The minimum Gasteiger partial charge on any atom is -0.322 e. The smallest absolute Gasteiger partial charge is 0.270 e. The van der Waals surface area contributed by atoms with E-state index in [1.165, 1.54) is 42.5 Å². The van der Waals surface area contributed by atoms with Crippen LogP contribution in [0.25, 0.3) is 6.08 Å². The Morgan fingerprint density at radius 2 is 1.96 bits per heavy atom. The molecule has 0 saturated carbocycles. The highest BCUT2D eigenvalue weighted by molar-refractivity contribution is 7.89. The number of non-ortho nitro benzene ring substituents is 1. The Balaban J connectivity index is 2.15. The largest absolute Gasteiger partial charge is 0.322 e. The van der Waals surface area contributed by atoms with E-state index >= 15 is 0 Å². The zero-order chi connectivity index (χ0) is 18.6. The van der Waals surface area contributed by atoms with Crippen molar-refractivity contribution in [2.75, 3.05) is 5.32 Å². The fraction of sp³-hybridized carbons (Fsp3) is 0.0625. The molecule has 0 unspecified atom stereocenters. The SMILES string of the molecule is Cc1ccc(NC(=O)/C=C/c2cccc([N+](=O)[O-])c2)cc1S(N)(=O)=O. The number of nitrogens with two attached hydrogens (primary N) is 1. The highest BCUT2D eigenvalue weighted by Gasteiger charge is 2.12. The van der Waals surface area contributed by atoms with Gasteiger partial charge in [-0.25, -0.2) is 13.6 Å². The van der Waals surface area contributed by atoms with Crippen molar-refractivity contribution >= 4 is 33.4 Å². The number of carbonyl (C=O) groups excluding carboxylic acids is 1. The molecule has 0 heterocycles. The number of nitro groups is 1. The van der Waals surface area contributed by atoms with Crippen LogP contribution < -0.4 is 10.5 Å². The summed E-state index contributed by atoms with van der Waals surface area (Å²) in [5.74, 6) is -0.518. The molecule has 2 aromatic rings. The van der Waals surface area contributed by atoms with Crippen LogP contribution in [0, 0.1) is 17.0 Å². The number of sulfonamides is 1. The fourth-order valence-electron chi connectivity index (χ4n) is 2.08. The molecule has 130 valence electrons. The standard InChI is InChI=1S/C16H15N3O5S/c1-11-5-7-13(10-15(11)25(17,23)24)18-16(20)8-6-12-3-2-4-14(9-12)19(21)22/h2-10H,1H3,(H,18,20)(H2,17,23,24)/b8-6+. The van der Waals surface area contributed by atoms with Crippen molar-refractivity contribution in [3.05, 3.63) is 69.8 Å². The molecular weight excluding hydrogens is 346 g/mol. The molecule has 0 aliphatic carbocycles.